The molecule has 0 aromatic heterocycles. The van der Waals surface area contributed by atoms with Crippen molar-refractivity contribution in [3.63, 3.8) is 0 Å². The van der Waals surface area contributed by atoms with Crippen LogP contribution in [0.15, 0.2) is 11.3 Å². The maximum atomic E-state index is 12.1. The molecule has 3 heteroatoms. The first kappa shape index (κ1) is 21.7. The molecule has 3 nitrogen and oxygen atoms in total. The van der Waals surface area contributed by atoms with Crippen LogP contribution in [0.3, 0.4) is 0 Å². The Bertz CT molecular complexity index is 522. The lowest BCUT2D eigenvalue weighted by Gasteiger charge is -2.40. The van der Waals surface area contributed by atoms with Crippen LogP contribution in [0.2, 0.25) is 0 Å². The Kier molecular flexibility index (Phi) is 8.29. The average Bonchev–Trinajstić information content (AvgIpc) is 2.73. The summed E-state index contributed by atoms with van der Waals surface area (Å²) in [4.78, 5) is 12.1. The van der Waals surface area contributed by atoms with E-state index < -0.39 is 0 Å². The largest absolute Gasteiger partial charge is 0.512 e. The van der Waals surface area contributed by atoms with E-state index in [1.807, 2.05) is 6.92 Å². The van der Waals surface area contributed by atoms with Gasteiger partial charge in [0.25, 0.3) is 0 Å². The minimum atomic E-state index is -0.291. The fourth-order valence-corrected chi connectivity index (χ4v) is 6.30. The minimum Gasteiger partial charge on any atom is -0.512 e. The third kappa shape index (κ3) is 5.54. The van der Waals surface area contributed by atoms with E-state index in [0.717, 1.165) is 36.5 Å². The van der Waals surface area contributed by atoms with Gasteiger partial charge in [0.2, 0.25) is 0 Å². The van der Waals surface area contributed by atoms with E-state index >= 15 is 0 Å². The number of esters is 1. The number of allylic oxidation sites excluding steroid dienone is 1. The summed E-state index contributed by atoms with van der Waals surface area (Å²) in [5.41, 5.74) is 0.544. The summed E-state index contributed by atoms with van der Waals surface area (Å²) in [7, 11) is 0. The van der Waals surface area contributed by atoms with Crippen molar-refractivity contribution in [2.75, 3.05) is 6.61 Å². The predicted octanol–water partition coefficient (Wildman–Crippen LogP) is 6.96. The lowest BCUT2D eigenvalue weighted by atomic mass is 9.65. The second kappa shape index (κ2) is 10.7. The Morgan fingerprint density at radius 3 is 1.96 bits per heavy atom. The molecule has 1 N–H and O–H groups in total. The molecule has 0 aliphatic heterocycles. The van der Waals surface area contributed by atoms with Gasteiger partial charge in [-0.15, -0.1) is 0 Å². The van der Waals surface area contributed by atoms with Crippen molar-refractivity contribution in [2.24, 2.45) is 29.6 Å². The fraction of sp³-hybridized carbons (Fsp3) is 0.880. The highest BCUT2D eigenvalue weighted by atomic mass is 16.5. The molecular weight excluding hydrogens is 348 g/mol. The number of rotatable bonds is 7. The zero-order chi connectivity index (χ0) is 19.9. The van der Waals surface area contributed by atoms with Gasteiger partial charge in [0, 0.05) is 6.42 Å². The van der Waals surface area contributed by atoms with Crippen LogP contribution in [-0.4, -0.2) is 17.7 Å². The second-order valence-corrected chi connectivity index (χ2v) is 9.81. The van der Waals surface area contributed by atoms with Crippen LogP contribution in [0.4, 0.5) is 0 Å². The molecule has 1 atom stereocenters. The monoisotopic (exact) mass is 390 g/mol. The Hall–Kier alpha value is -0.990. The molecule has 0 amide bonds. The topological polar surface area (TPSA) is 46.5 Å². The van der Waals surface area contributed by atoms with Crippen molar-refractivity contribution >= 4 is 5.97 Å². The standard InChI is InChI=1S/C25H42O3/c1-3-5-18-6-8-19(9-7-18)20-10-12-21(13-11-20)22-14-15-23(24(26)17-22)25(27)28-16-4-2/h18-22,26H,3-17H2,1-2H3. The first-order valence-electron chi connectivity index (χ1n) is 12.2. The van der Waals surface area contributed by atoms with E-state index in [9.17, 15) is 9.90 Å². The molecule has 0 aromatic carbocycles. The van der Waals surface area contributed by atoms with E-state index in [0.29, 0.717) is 36.7 Å². The third-order valence-corrected chi connectivity index (χ3v) is 7.99. The molecule has 28 heavy (non-hydrogen) atoms. The maximum absolute atomic E-state index is 12.1. The summed E-state index contributed by atoms with van der Waals surface area (Å²) < 4.78 is 5.23. The Morgan fingerprint density at radius 1 is 0.857 bits per heavy atom. The van der Waals surface area contributed by atoms with Crippen LogP contribution in [0.5, 0.6) is 0 Å². The molecule has 0 heterocycles. The van der Waals surface area contributed by atoms with Gasteiger partial charge < -0.3 is 9.84 Å². The highest BCUT2D eigenvalue weighted by molar-refractivity contribution is 5.89. The molecule has 160 valence electrons. The van der Waals surface area contributed by atoms with Gasteiger partial charge in [-0.2, -0.15) is 0 Å². The third-order valence-electron chi connectivity index (χ3n) is 7.99. The lowest BCUT2D eigenvalue weighted by molar-refractivity contribution is -0.139. The van der Waals surface area contributed by atoms with E-state index in [1.165, 1.54) is 64.2 Å². The summed E-state index contributed by atoms with van der Waals surface area (Å²) in [6.07, 6.45) is 17.3. The van der Waals surface area contributed by atoms with E-state index in [-0.39, 0.29) is 5.97 Å². The van der Waals surface area contributed by atoms with Gasteiger partial charge in [-0.1, -0.05) is 39.5 Å². The number of hydrogen-bond acceptors (Lipinski definition) is 3. The number of aliphatic hydroxyl groups is 1. The molecule has 2 saturated carbocycles. The van der Waals surface area contributed by atoms with Crippen LogP contribution in [0.1, 0.15) is 104 Å². The smallest absolute Gasteiger partial charge is 0.337 e. The predicted molar refractivity (Wildman–Crippen MR) is 114 cm³/mol. The Balaban J connectivity index is 1.43. The fourth-order valence-electron chi connectivity index (χ4n) is 6.30. The molecule has 1 unspecified atom stereocenters. The van der Waals surface area contributed by atoms with E-state index in [2.05, 4.69) is 6.92 Å². The summed E-state index contributed by atoms with van der Waals surface area (Å²) in [6, 6.07) is 0. The van der Waals surface area contributed by atoms with Crippen molar-refractivity contribution < 1.29 is 14.6 Å². The Labute approximate surface area is 172 Å². The molecular formula is C25H42O3. The van der Waals surface area contributed by atoms with Crippen LogP contribution >= 0.6 is 0 Å². The van der Waals surface area contributed by atoms with Gasteiger partial charge >= 0.3 is 5.97 Å². The van der Waals surface area contributed by atoms with Gasteiger partial charge in [0.15, 0.2) is 0 Å². The number of carbonyl (C=O) groups excluding carboxylic acids is 1. The normalized spacial score (nSPS) is 34.3. The molecule has 0 bridgehead atoms. The summed E-state index contributed by atoms with van der Waals surface area (Å²) in [6.45, 7) is 4.76. The van der Waals surface area contributed by atoms with E-state index in [1.54, 1.807) is 0 Å². The zero-order valence-corrected chi connectivity index (χ0v) is 18.3. The SMILES string of the molecule is CCCOC(=O)C1=C(O)CC(C2CCC(C3CCC(CCC)CC3)CC2)CC1. The van der Waals surface area contributed by atoms with Gasteiger partial charge in [-0.05, 0) is 87.4 Å². The first-order valence-corrected chi connectivity index (χ1v) is 12.2. The van der Waals surface area contributed by atoms with Crippen molar-refractivity contribution in [3.05, 3.63) is 11.3 Å². The van der Waals surface area contributed by atoms with Crippen LogP contribution in [0.25, 0.3) is 0 Å². The Morgan fingerprint density at radius 2 is 1.43 bits per heavy atom. The van der Waals surface area contributed by atoms with Crippen LogP contribution < -0.4 is 0 Å². The molecule has 2 fully saturated rings. The number of aliphatic hydroxyl groups excluding tert-OH is 1. The summed E-state index contributed by atoms with van der Waals surface area (Å²) in [5.74, 6) is 4.26. The quantitative estimate of drug-likeness (QED) is 0.478. The van der Waals surface area contributed by atoms with Gasteiger partial charge in [-0.25, -0.2) is 4.79 Å². The molecule has 3 aliphatic carbocycles. The molecule has 3 aliphatic rings. The van der Waals surface area contributed by atoms with Gasteiger partial charge in [-0.3, -0.25) is 0 Å². The van der Waals surface area contributed by atoms with Crippen molar-refractivity contribution in [2.45, 2.75) is 104 Å². The highest BCUT2D eigenvalue weighted by Gasteiger charge is 2.35. The maximum Gasteiger partial charge on any atom is 0.337 e. The number of ether oxygens (including phenoxy) is 1. The molecule has 0 saturated heterocycles. The molecule has 0 aromatic rings. The van der Waals surface area contributed by atoms with Gasteiger partial charge in [0.05, 0.1) is 12.2 Å². The summed E-state index contributed by atoms with van der Waals surface area (Å²) >= 11 is 0. The lowest BCUT2D eigenvalue weighted by Crippen LogP contribution is -2.30. The first-order chi connectivity index (χ1) is 13.6. The summed E-state index contributed by atoms with van der Waals surface area (Å²) in [5, 5.41) is 10.4. The minimum absolute atomic E-state index is 0.291. The molecule has 0 radical (unpaired) electrons. The number of hydrogen-bond donors (Lipinski definition) is 1. The second-order valence-electron chi connectivity index (χ2n) is 9.81. The van der Waals surface area contributed by atoms with Crippen molar-refractivity contribution in [1.29, 1.82) is 0 Å². The van der Waals surface area contributed by atoms with Crippen molar-refractivity contribution in [1.82, 2.24) is 0 Å². The average molecular weight is 391 g/mol. The molecule has 3 rings (SSSR count). The van der Waals surface area contributed by atoms with E-state index in [4.69, 9.17) is 4.74 Å². The van der Waals surface area contributed by atoms with Crippen LogP contribution in [-0.2, 0) is 9.53 Å². The molecule has 0 spiro atoms. The van der Waals surface area contributed by atoms with Crippen LogP contribution in [0, 0.1) is 29.6 Å². The van der Waals surface area contributed by atoms with Crippen molar-refractivity contribution in [3.8, 4) is 0 Å². The number of carbonyl (C=O) groups is 1. The zero-order valence-electron chi connectivity index (χ0n) is 18.3. The highest BCUT2D eigenvalue weighted by Crippen LogP contribution is 2.46. The van der Waals surface area contributed by atoms with Gasteiger partial charge in [0.1, 0.15) is 5.76 Å².